The number of nitrogens with two attached hydrogens (primary N) is 6. The molecule has 0 fully saturated rings. The Morgan fingerprint density at radius 2 is 0.591 bits per heavy atom. The molecule has 0 aliphatic carbocycles. The largest absolute Gasteiger partial charge is 0.399 e. The quantitative estimate of drug-likeness (QED) is 0.0185. The molecule has 18 aromatic rings. The number of nitrogens with one attached hydrogen (secondary N) is 7. The zero-order valence-electron chi connectivity index (χ0n) is 74.2. The number of carbonyl (C=O) groups excluding carboxylic acids is 6. The maximum absolute atomic E-state index is 12.4. The van der Waals surface area contributed by atoms with Crippen molar-refractivity contribution in [1.29, 1.82) is 0 Å². The van der Waals surface area contributed by atoms with Gasteiger partial charge in [-0.15, -0.1) is 0 Å². The van der Waals surface area contributed by atoms with Gasteiger partial charge >= 0.3 is 0 Å². The lowest BCUT2D eigenvalue weighted by Gasteiger charge is -2.09. The monoisotopic (exact) mass is 1870 g/mol. The topological polar surface area (TPSA) is 522 Å². The average Bonchev–Trinajstić information content (AvgIpc) is 1.69. The van der Waals surface area contributed by atoms with Crippen molar-refractivity contribution in [3.63, 3.8) is 0 Å². The van der Waals surface area contributed by atoms with Crippen LogP contribution in [0.15, 0.2) is 346 Å². The first-order valence-electron chi connectivity index (χ1n) is 41.8. The summed E-state index contributed by atoms with van der Waals surface area (Å²) in [6.45, 7) is 9.75. The van der Waals surface area contributed by atoms with Gasteiger partial charge in [0.15, 0.2) is 0 Å². The van der Waals surface area contributed by atoms with Gasteiger partial charge in [-0.1, -0.05) is 109 Å². The Morgan fingerprint density at radius 3 is 1.03 bits per heavy atom. The molecular weight excluding hydrogens is 1780 g/mol. The second kappa shape index (κ2) is 47.4. The van der Waals surface area contributed by atoms with Gasteiger partial charge in [0.1, 0.15) is 17.5 Å². The van der Waals surface area contributed by atoms with E-state index in [0.29, 0.717) is 84.7 Å². The van der Waals surface area contributed by atoms with Gasteiger partial charge in [-0.05, 0) is 286 Å². The van der Waals surface area contributed by atoms with Crippen LogP contribution in [0.1, 0.15) is 90.0 Å². The standard InChI is InChI=1S/C27H20N4O2.2C14H13N3O3.C14H11N3O2.C13H12N4.C8H7ClO.C7H5ClO.C7H10N2/c32-26(19-7-3-1-4-8-19)28-21-13-11-18(12-14-21)25-30-23-16-15-22(17-24(23)31-25)29-27(33)20-9-5-2-6-10-20;1-9-2-7-13(12(15)8-9)16-14(18)10-3-5-11(6-4-10)17(19)20;1-9-2-7-12(15)13(8-9)16-14(18)10-3-5-11(6-4-10)17(19)20;1-9-2-7-12-13(8-9)16-14(15-12)10-3-5-11(6-4-10)17(18)19;14-9-3-1-8(2-4-9)13-16-11-6-5-10(15)7-12(11)17-13;1-6-2-4-7(5-3-6)8(9)10;8-7(9)6-4-2-1-3-5-6;1-5-2-3-6(8)7(9)4-5/h1-17H,(H,28,32)(H,29,33)(H,30,31);2*2-8H,15H2,1H3,(H,16,18);2-8H,1H3,(H,15,16);1-7H,14-15H2,(H,16,17);2-5H,1H3;1-5H;2-4H,8-9H2,1H3. The summed E-state index contributed by atoms with van der Waals surface area (Å²) in [5, 5.41) is 42.0. The van der Waals surface area contributed by atoms with Crippen molar-refractivity contribution in [1.82, 2.24) is 29.9 Å². The van der Waals surface area contributed by atoms with Crippen LogP contribution in [0.2, 0.25) is 0 Å². The molecule has 4 amide bonds. The van der Waals surface area contributed by atoms with Gasteiger partial charge in [-0.3, -0.25) is 59.1 Å². The Kier molecular flexibility index (Phi) is 34.3. The first-order chi connectivity index (χ1) is 65.6. The van der Waals surface area contributed by atoms with E-state index in [9.17, 15) is 59.1 Å². The van der Waals surface area contributed by atoms with Gasteiger partial charge in [-0.2, -0.15) is 0 Å². The van der Waals surface area contributed by atoms with Crippen LogP contribution in [0, 0.1) is 65.0 Å². The van der Waals surface area contributed by atoms with E-state index in [1.165, 1.54) is 60.7 Å². The number of imidazole rings is 3. The van der Waals surface area contributed by atoms with Crippen molar-refractivity contribution in [2.45, 2.75) is 34.6 Å². The summed E-state index contributed by atoms with van der Waals surface area (Å²) < 4.78 is 0. The molecule has 0 bridgehead atoms. The zero-order valence-corrected chi connectivity index (χ0v) is 75.7. The third-order valence-electron chi connectivity index (χ3n) is 20.0. The Morgan fingerprint density at radius 1 is 0.277 bits per heavy atom. The molecule has 31 nitrogen and oxygen atoms in total. The lowest BCUT2D eigenvalue weighted by Crippen LogP contribution is -2.13. The van der Waals surface area contributed by atoms with E-state index >= 15 is 0 Å². The van der Waals surface area contributed by atoms with Crippen LogP contribution in [-0.4, -0.2) is 78.8 Å². The number of nitro groups is 3. The van der Waals surface area contributed by atoms with Gasteiger partial charge in [0.25, 0.3) is 51.2 Å². The number of halogens is 2. The summed E-state index contributed by atoms with van der Waals surface area (Å²) in [6.07, 6.45) is 0. The number of hydrogen-bond donors (Lipinski definition) is 13. The molecular formula is C104H91Cl2N19O12. The molecule has 0 saturated heterocycles. The van der Waals surface area contributed by atoms with Gasteiger partial charge in [0, 0.05) is 109 Å². The molecule has 0 atom stereocenters. The maximum Gasteiger partial charge on any atom is 0.269 e. The molecule has 18 rings (SSSR count). The molecule has 0 spiro atoms. The number of aryl methyl sites for hydroxylation is 5. The Bertz CT molecular complexity index is 7320. The molecule has 3 aromatic heterocycles. The molecule has 3 heterocycles. The summed E-state index contributed by atoms with van der Waals surface area (Å²) in [5.41, 5.74) is 56.4. The highest BCUT2D eigenvalue weighted by Gasteiger charge is 2.17. The maximum atomic E-state index is 12.4. The minimum Gasteiger partial charge on any atom is -0.399 e. The molecule has 0 saturated carbocycles. The first-order valence-corrected chi connectivity index (χ1v) is 42.5. The Balaban J connectivity index is 0.000000156. The number of rotatable bonds is 16. The summed E-state index contributed by atoms with van der Waals surface area (Å²) in [5.74, 6) is 1.20. The third-order valence-corrected chi connectivity index (χ3v) is 20.5. The summed E-state index contributed by atoms with van der Waals surface area (Å²) in [7, 11) is 0. The molecule has 0 radical (unpaired) electrons. The molecule has 0 unspecified atom stereocenters. The van der Waals surface area contributed by atoms with Crippen LogP contribution >= 0.6 is 23.2 Å². The molecule has 15 aromatic carbocycles. The SMILES string of the molecule is Cc1ccc(C(=O)Cl)cc1.Cc1ccc(N)c(N)c1.Cc1ccc(N)c(NC(=O)c2ccc([N+](=O)[O-])cc2)c1.Cc1ccc(NC(=O)c2ccc([N+](=O)[O-])cc2)c(N)c1.Cc1ccc2nc(-c3ccc([N+](=O)[O-])cc3)[nH]c2c1.Nc1ccc(-c2nc3ccc(N)cc3[nH]2)cc1.O=C(Cl)c1ccccc1.O=C(Nc1ccc(-c2nc3ccc(NC(=O)c4ccccc4)cc3[nH]2)cc1)c1ccccc1. The van der Waals surface area contributed by atoms with E-state index in [1.54, 1.807) is 97.1 Å². The fourth-order valence-electron chi connectivity index (χ4n) is 12.7. The van der Waals surface area contributed by atoms with Crippen molar-refractivity contribution >= 4 is 164 Å². The number of benzene rings is 15. The van der Waals surface area contributed by atoms with Gasteiger partial charge < -0.3 is 70.6 Å². The number of aromatic nitrogens is 6. The zero-order chi connectivity index (χ0) is 98.4. The van der Waals surface area contributed by atoms with Gasteiger partial charge in [-0.25, -0.2) is 15.0 Å². The predicted molar refractivity (Wildman–Crippen MR) is 545 cm³/mol. The lowest BCUT2D eigenvalue weighted by atomic mass is 10.1. The molecule has 19 N–H and O–H groups in total. The number of non-ortho nitro benzene ring substituents is 3. The smallest absolute Gasteiger partial charge is 0.269 e. The number of anilines is 10. The van der Waals surface area contributed by atoms with Crippen molar-refractivity contribution in [2.75, 3.05) is 55.7 Å². The average molecular weight is 1870 g/mol. The molecule has 0 aliphatic heterocycles. The molecule has 688 valence electrons. The van der Waals surface area contributed by atoms with Crippen molar-refractivity contribution < 1.29 is 43.5 Å². The number of hydrogen-bond acceptors (Lipinski definition) is 21. The minimum atomic E-state index is -0.514. The first kappa shape index (κ1) is 99.1. The molecule has 0 aliphatic rings. The van der Waals surface area contributed by atoms with Gasteiger partial charge in [0.2, 0.25) is 0 Å². The van der Waals surface area contributed by atoms with Crippen LogP contribution in [-0.2, 0) is 0 Å². The van der Waals surface area contributed by atoms with E-state index in [4.69, 9.17) is 57.6 Å². The fraction of sp³-hybridized carbons (Fsp3) is 0.0481. The molecule has 137 heavy (non-hydrogen) atoms. The second-order valence-corrected chi connectivity index (χ2v) is 31.2. The Hall–Kier alpha value is -18.5. The van der Waals surface area contributed by atoms with E-state index < -0.39 is 25.3 Å². The second-order valence-electron chi connectivity index (χ2n) is 30.5. The normalized spacial score (nSPS) is 10.2. The number of fused-ring (bicyclic) bond motifs is 3. The van der Waals surface area contributed by atoms with Crippen molar-refractivity contribution in [3.8, 4) is 34.2 Å². The fourth-order valence-corrected chi connectivity index (χ4v) is 13.0. The van der Waals surface area contributed by atoms with Crippen LogP contribution in [0.4, 0.5) is 73.9 Å². The number of H-pyrrole nitrogens is 3. The van der Waals surface area contributed by atoms with E-state index in [2.05, 4.69) is 51.2 Å². The van der Waals surface area contributed by atoms with Crippen LogP contribution in [0.5, 0.6) is 0 Å². The van der Waals surface area contributed by atoms with Crippen molar-refractivity contribution in [3.05, 3.63) is 437 Å². The predicted octanol–water partition coefficient (Wildman–Crippen LogP) is 22.6. The van der Waals surface area contributed by atoms with Crippen molar-refractivity contribution in [2.24, 2.45) is 0 Å². The number of nitrogens with zero attached hydrogens (tertiary/aromatic N) is 6. The van der Waals surface area contributed by atoms with Crippen LogP contribution in [0.3, 0.4) is 0 Å². The number of amides is 4. The third kappa shape index (κ3) is 29.3. The number of aromatic amines is 3. The number of nitrogen functional groups attached to an aromatic ring is 6. The summed E-state index contributed by atoms with van der Waals surface area (Å²) >= 11 is 10.4. The molecule has 33 heteroatoms. The number of carbonyl (C=O) groups is 6. The lowest BCUT2D eigenvalue weighted by molar-refractivity contribution is -0.385. The summed E-state index contributed by atoms with van der Waals surface area (Å²) in [4.78, 5) is 123. The number of nitro benzene ring substituents is 3. The van der Waals surface area contributed by atoms with E-state index in [0.717, 1.165) is 101 Å². The Labute approximate surface area is 794 Å². The summed E-state index contributed by atoms with van der Waals surface area (Å²) in [6, 6.07) is 99.6. The van der Waals surface area contributed by atoms with E-state index in [1.807, 2.05) is 223 Å². The highest BCUT2D eigenvalue weighted by molar-refractivity contribution is 6.68. The van der Waals surface area contributed by atoms with E-state index in [-0.39, 0.29) is 40.7 Å². The van der Waals surface area contributed by atoms with Gasteiger partial charge in [0.05, 0.1) is 82.0 Å². The van der Waals surface area contributed by atoms with Crippen LogP contribution < -0.4 is 55.7 Å². The van der Waals surface area contributed by atoms with Crippen LogP contribution in [0.25, 0.3) is 67.3 Å². The highest BCUT2D eigenvalue weighted by atomic mass is 35.5. The highest BCUT2D eigenvalue weighted by Crippen LogP contribution is 2.30. The minimum absolute atomic E-state index is 0.0587.